The number of rotatable bonds is 3. The third-order valence-corrected chi connectivity index (χ3v) is 6.21. The lowest BCUT2D eigenvalue weighted by atomic mass is 10.3. The van der Waals surface area contributed by atoms with Crippen LogP contribution in [0.1, 0.15) is 6.92 Å². The Labute approximate surface area is 158 Å². The summed E-state index contributed by atoms with van der Waals surface area (Å²) in [5.74, 6) is -1.80. The van der Waals surface area contributed by atoms with Crippen LogP contribution in [-0.2, 0) is 9.59 Å². The first-order chi connectivity index (χ1) is 12.0. The number of aliphatic carboxylic acids is 1. The van der Waals surface area contributed by atoms with Crippen molar-refractivity contribution in [1.82, 2.24) is 4.90 Å². The van der Waals surface area contributed by atoms with Crippen molar-refractivity contribution in [2.45, 2.75) is 11.8 Å². The monoisotopic (exact) mass is 389 g/mol. The Morgan fingerprint density at radius 3 is 2.76 bits per heavy atom. The highest BCUT2D eigenvalue weighted by Gasteiger charge is 2.38. The lowest BCUT2D eigenvalue weighted by Gasteiger charge is -2.19. The van der Waals surface area contributed by atoms with Crippen molar-refractivity contribution in [3.8, 4) is 0 Å². The number of amides is 1. The molecule has 25 heavy (non-hydrogen) atoms. The Balaban J connectivity index is 2.02. The van der Waals surface area contributed by atoms with E-state index in [1.165, 1.54) is 11.8 Å². The predicted molar refractivity (Wildman–Crippen MR) is 102 cm³/mol. The molecule has 0 radical (unpaired) electrons. The summed E-state index contributed by atoms with van der Waals surface area (Å²) in [6.45, 7) is 9.59. The number of carboxylic acid groups (broad SMARTS) is 1. The maximum atomic E-state index is 12.8. The molecule has 3 rings (SSSR count). The van der Waals surface area contributed by atoms with Crippen LogP contribution in [-0.4, -0.2) is 32.7 Å². The Morgan fingerprint density at radius 2 is 2.12 bits per heavy atom. The molecular formula is C16H11N3O3S3. The van der Waals surface area contributed by atoms with Crippen LogP contribution in [0.4, 0.5) is 5.69 Å². The summed E-state index contributed by atoms with van der Waals surface area (Å²) in [4.78, 5) is 31.3. The molecule has 126 valence electrons. The van der Waals surface area contributed by atoms with E-state index in [1.807, 2.05) is 36.1 Å². The predicted octanol–water partition coefficient (Wildman–Crippen LogP) is 3.49. The first-order valence-electron chi connectivity index (χ1n) is 7.14. The Morgan fingerprint density at radius 1 is 1.40 bits per heavy atom. The number of hydrogen-bond acceptors (Lipinski definition) is 6. The van der Waals surface area contributed by atoms with Crippen LogP contribution in [0.3, 0.4) is 0 Å². The summed E-state index contributed by atoms with van der Waals surface area (Å²) >= 11 is 7.81. The van der Waals surface area contributed by atoms with E-state index in [9.17, 15) is 9.59 Å². The molecule has 0 saturated carbocycles. The minimum Gasteiger partial charge on any atom is -0.486 e. The fraction of sp³-hybridized carbons (Fsp3) is 0.125. The number of carbonyl (C=O) groups is 2. The first-order valence-corrected chi connectivity index (χ1v) is 9.18. The highest BCUT2D eigenvalue weighted by atomic mass is 32.2. The molecule has 1 amide bonds. The second kappa shape index (κ2) is 6.92. The summed E-state index contributed by atoms with van der Waals surface area (Å²) < 4.78 is 0.211. The van der Waals surface area contributed by atoms with Gasteiger partial charge in [0.2, 0.25) is 0 Å². The third kappa shape index (κ3) is 3.04. The van der Waals surface area contributed by atoms with Crippen LogP contribution in [0.5, 0.6) is 0 Å². The van der Waals surface area contributed by atoms with Gasteiger partial charge in [0.15, 0.2) is 4.32 Å². The largest absolute Gasteiger partial charge is 0.486 e. The van der Waals surface area contributed by atoms with E-state index in [2.05, 4.69) is 4.85 Å². The summed E-state index contributed by atoms with van der Waals surface area (Å²) in [6.07, 6.45) is 0.990. The molecule has 1 saturated heterocycles. The van der Waals surface area contributed by atoms with Gasteiger partial charge in [-0.15, -0.1) is 0 Å². The molecule has 6 nitrogen and oxygen atoms in total. The lowest BCUT2D eigenvalue weighted by molar-refractivity contribution is -0.132. The maximum absolute atomic E-state index is 12.8. The molecule has 0 atom stereocenters. The summed E-state index contributed by atoms with van der Waals surface area (Å²) in [5, 5.41) is 9.76. The standard InChI is InChI=1S/C16H11N3O3S3/c1-3-18-10-6-4-5-7-11(10)24-14(18)12-13(20)19(16(23)25-12)8-9(17-2)15(21)22/h4-8H,3H2,1H3,(H,21,22). The van der Waals surface area contributed by atoms with Gasteiger partial charge in [0, 0.05) is 17.6 Å². The second-order valence-electron chi connectivity index (χ2n) is 4.92. The number of nitrogens with zero attached hydrogens (tertiary/aromatic N) is 3. The zero-order chi connectivity index (χ0) is 18.1. The Bertz CT molecular complexity index is 901. The number of thioether (sulfide) groups is 2. The van der Waals surface area contributed by atoms with Gasteiger partial charge in [-0.3, -0.25) is 14.5 Å². The molecule has 0 aliphatic carbocycles. The highest BCUT2D eigenvalue weighted by molar-refractivity contribution is 8.27. The fourth-order valence-corrected chi connectivity index (χ4v) is 4.97. The first kappa shape index (κ1) is 17.5. The molecule has 1 fully saturated rings. The van der Waals surface area contributed by atoms with Crippen LogP contribution in [0.25, 0.3) is 4.85 Å². The van der Waals surface area contributed by atoms with Crippen molar-refractivity contribution < 1.29 is 14.7 Å². The number of carbonyl (C=O) groups excluding carboxylic acids is 1. The SMILES string of the molecule is [C-]#[N+]C(=CN1C(=O)C(=C2Sc3ccccc3N2CC)SC1=S)C(=O)O. The van der Waals surface area contributed by atoms with E-state index >= 15 is 0 Å². The molecule has 2 aliphatic rings. The smallest absolute Gasteiger partial charge is 0.335 e. The molecule has 2 heterocycles. The van der Waals surface area contributed by atoms with E-state index < -0.39 is 17.6 Å². The third-order valence-electron chi connectivity index (χ3n) is 3.51. The van der Waals surface area contributed by atoms with Crippen LogP contribution in [0, 0.1) is 6.57 Å². The van der Waals surface area contributed by atoms with Crippen molar-refractivity contribution in [3.05, 3.63) is 57.5 Å². The molecule has 0 unspecified atom stereocenters. The Hall–Kier alpha value is -2.28. The number of thiocarbonyl (C=S) groups is 1. The van der Waals surface area contributed by atoms with Crippen molar-refractivity contribution in [2.24, 2.45) is 0 Å². The van der Waals surface area contributed by atoms with Crippen molar-refractivity contribution in [2.75, 3.05) is 11.4 Å². The van der Waals surface area contributed by atoms with Crippen molar-refractivity contribution in [1.29, 1.82) is 0 Å². The topological polar surface area (TPSA) is 65.2 Å². The molecule has 0 aromatic heterocycles. The van der Waals surface area contributed by atoms with Crippen LogP contribution >= 0.6 is 35.7 Å². The van der Waals surface area contributed by atoms with Gasteiger partial charge in [0.25, 0.3) is 11.6 Å². The molecule has 0 spiro atoms. The second-order valence-corrected chi connectivity index (χ2v) is 7.60. The number of benzene rings is 1. The minimum absolute atomic E-state index is 0.211. The Kier molecular flexibility index (Phi) is 4.85. The summed E-state index contributed by atoms with van der Waals surface area (Å²) in [5.41, 5.74) is 0.468. The van der Waals surface area contributed by atoms with E-state index in [-0.39, 0.29) is 4.32 Å². The average Bonchev–Trinajstić information content (AvgIpc) is 3.10. The molecule has 1 aromatic rings. The number of anilines is 1. The summed E-state index contributed by atoms with van der Waals surface area (Å²) in [7, 11) is 0. The number of fused-ring (bicyclic) bond motifs is 1. The number of para-hydroxylation sites is 1. The van der Waals surface area contributed by atoms with Gasteiger partial charge < -0.3 is 10.0 Å². The molecule has 2 aliphatic heterocycles. The van der Waals surface area contributed by atoms with E-state index in [1.54, 1.807) is 0 Å². The van der Waals surface area contributed by atoms with Crippen LogP contribution in [0.2, 0.25) is 0 Å². The van der Waals surface area contributed by atoms with Gasteiger partial charge in [-0.25, -0.2) is 4.85 Å². The molecule has 0 bridgehead atoms. The number of hydrogen-bond donors (Lipinski definition) is 1. The lowest BCUT2D eigenvalue weighted by Crippen LogP contribution is -2.25. The van der Waals surface area contributed by atoms with Crippen molar-refractivity contribution in [3.63, 3.8) is 0 Å². The van der Waals surface area contributed by atoms with Gasteiger partial charge in [0.05, 0.1) is 12.3 Å². The zero-order valence-electron chi connectivity index (χ0n) is 12.9. The van der Waals surface area contributed by atoms with Gasteiger partial charge in [-0.05, 0) is 19.1 Å². The quantitative estimate of drug-likeness (QED) is 0.482. The summed E-state index contributed by atoms with van der Waals surface area (Å²) in [6, 6.07) is 7.85. The fourth-order valence-electron chi connectivity index (χ4n) is 2.39. The van der Waals surface area contributed by atoms with E-state index in [0.29, 0.717) is 11.4 Å². The van der Waals surface area contributed by atoms with Gasteiger partial charge in [0.1, 0.15) is 9.93 Å². The van der Waals surface area contributed by atoms with Gasteiger partial charge in [-0.1, -0.05) is 47.9 Å². The van der Waals surface area contributed by atoms with Gasteiger partial charge >= 0.3 is 5.97 Å². The molecule has 9 heteroatoms. The highest BCUT2D eigenvalue weighted by Crippen LogP contribution is 2.50. The van der Waals surface area contributed by atoms with Crippen LogP contribution < -0.4 is 4.90 Å². The van der Waals surface area contributed by atoms with Crippen LogP contribution in [0.15, 0.2) is 51.0 Å². The van der Waals surface area contributed by atoms with Gasteiger partial charge in [-0.2, -0.15) is 0 Å². The van der Waals surface area contributed by atoms with E-state index in [0.717, 1.165) is 38.5 Å². The molecule has 1 aromatic carbocycles. The normalized spacial score (nSPS) is 20.1. The van der Waals surface area contributed by atoms with E-state index in [4.69, 9.17) is 23.9 Å². The van der Waals surface area contributed by atoms with Crippen molar-refractivity contribution >= 4 is 57.6 Å². The maximum Gasteiger partial charge on any atom is 0.335 e. The zero-order valence-corrected chi connectivity index (χ0v) is 15.4. The number of carboxylic acids is 1. The minimum atomic E-state index is -1.39. The molecular weight excluding hydrogens is 378 g/mol. The molecule has 1 N–H and O–H groups in total. The average molecular weight is 389 g/mol.